The van der Waals surface area contributed by atoms with E-state index in [9.17, 15) is 0 Å². The van der Waals surface area contributed by atoms with Gasteiger partial charge in [0.1, 0.15) is 5.75 Å². The van der Waals surface area contributed by atoms with Crippen LogP contribution < -0.4 is 10.1 Å². The highest BCUT2D eigenvalue weighted by Gasteiger charge is 2.33. The fourth-order valence-corrected chi connectivity index (χ4v) is 4.46. The Morgan fingerprint density at radius 2 is 2.21 bits per heavy atom. The fraction of sp³-hybridized carbons (Fsp3) is 0.600. The Hall–Kier alpha value is -0.710. The van der Waals surface area contributed by atoms with Gasteiger partial charge in [0.25, 0.3) is 0 Å². The zero-order valence-corrected chi connectivity index (χ0v) is 12.3. The Labute approximate surface area is 119 Å². The molecule has 4 heteroatoms. The molecular formula is C15H21NO2S. The van der Waals surface area contributed by atoms with Gasteiger partial charge in [-0.25, -0.2) is 0 Å². The number of thioether (sulfide) groups is 1. The Morgan fingerprint density at radius 1 is 1.37 bits per heavy atom. The molecule has 1 saturated heterocycles. The van der Waals surface area contributed by atoms with Crippen LogP contribution in [0.4, 0.5) is 0 Å². The summed E-state index contributed by atoms with van der Waals surface area (Å²) in [7, 11) is 3.80. The van der Waals surface area contributed by atoms with E-state index >= 15 is 0 Å². The summed E-state index contributed by atoms with van der Waals surface area (Å²) >= 11 is 2.09. The van der Waals surface area contributed by atoms with E-state index in [0.29, 0.717) is 16.5 Å². The summed E-state index contributed by atoms with van der Waals surface area (Å²) in [5.74, 6) is 0.965. The van der Waals surface area contributed by atoms with Crippen molar-refractivity contribution in [3.63, 3.8) is 0 Å². The predicted molar refractivity (Wildman–Crippen MR) is 79.1 cm³/mol. The van der Waals surface area contributed by atoms with Crippen LogP contribution in [0.15, 0.2) is 18.2 Å². The second kappa shape index (κ2) is 5.73. The number of nitrogens with one attached hydrogen (secondary N) is 1. The van der Waals surface area contributed by atoms with E-state index in [2.05, 4.69) is 42.3 Å². The van der Waals surface area contributed by atoms with Crippen molar-refractivity contribution in [2.75, 3.05) is 27.4 Å². The molecule has 1 aromatic rings. The summed E-state index contributed by atoms with van der Waals surface area (Å²) in [4.78, 5) is 0. The van der Waals surface area contributed by atoms with Crippen LogP contribution in [0.5, 0.6) is 5.75 Å². The van der Waals surface area contributed by atoms with Gasteiger partial charge in [0.2, 0.25) is 0 Å². The summed E-state index contributed by atoms with van der Waals surface area (Å²) in [6.45, 7) is 1.85. The van der Waals surface area contributed by atoms with Crippen LogP contribution in [-0.2, 0) is 11.2 Å². The van der Waals surface area contributed by atoms with E-state index in [1.807, 2.05) is 0 Å². The number of rotatable bonds is 4. The molecule has 0 amide bonds. The van der Waals surface area contributed by atoms with Gasteiger partial charge in [0.15, 0.2) is 0 Å². The zero-order chi connectivity index (χ0) is 13.2. The lowest BCUT2D eigenvalue weighted by Crippen LogP contribution is -2.38. The molecule has 1 fully saturated rings. The molecule has 0 bridgehead atoms. The first-order valence-electron chi connectivity index (χ1n) is 6.89. The predicted octanol–water partition coefficient (Wildman–Crippen LogP) is 2.40. The van der Waals surface area contributed by atoms with Crippen molar-refractivity contribution in [1.82, 2.24) is 5.32 Å². The van der Waals surface area contributed by atoms with Crippen LogP contribution in [0.3, 0.4) is 0 Å². The highest BCUT2D eigenvalue weighted by atomic mass is 32.2. The van der Waals surface area contributed by atoms with Crippen molar-refractivity contribution in [3.8, 4) is 5.75 Å². The third-order valence-corrected chi connectivity index (χ3v) is 5.56. The molecule has 0 aromatic heterocycles. The molecule has 0 saturated carbocycles. The Morgan fingerprint density at radius 3 is 2.84 bits per heavy atom. The molecule has 0 radical (unpaired) electrons. The van der Waals surface area contributed by atoms with Gasteiger partial charge in [-0.1, -0.05) is 6.07 Å². The summed E-state index contributed by atoms with van der Waals surface area (Å²) in [5.41, 5.74) is 2.87. The van der Waals surface area contributed by atoms with Gasteiger partial charge >= 0.3 is 0 Å². The minimum absolute atomic E-state index is 0.445. The van der Waals surface area contributed by atoms with E-state index in [0.717, 1.165) is 25.4 Å². The number of aryl methyl sites for hydroxylation is 1. The smallest absolute Gasteiger partial charge is 0.119 e. The first-order valence-corrected chi connectivity index (χ1v) is 7.83. The lowest BCUT2D eigenvalue weighted by molar-refractivity contribution is 0.0451. The number of hydrogen-bond acceptors (Lipinski definition) is 4. The third-order valence-electron chi connectivity index (χ3n) is 4.04. The summed E-state index contributed by atoms with van der Waals surface area (Å²) in [5, 5.41) is 4.85. The van der Waals surface area contributed by atoms with E-state index < -0.39 is 0 Å². The molecule has 2 unspecified atom stereocenters. The standard InChI is InChI=1S/C15H21NO2S/c1-16-15-13-5-4-11(17-2)7-10(13)3-6-14(15)19-12-8-18-9-12/h4-5,7,12,14-16H,3,6,8-9H2,1-2H3. The van der Waals surface area contributed by atoms with E-state index in [-0.39, 0.29) is 0 Å². The molecule has 104 valence electrons. The number of hydrogen-bond donors (Lipinski definition) is 1. The van der Waals surface area contributed by atoms with Crippen molar-refractivity contribution in [2.24, 2.45) is 0 Å². The van der Waals surface area contributed by atoms with Crippen LogP contribution in [0.2, 0.25) is 0 Å². The molecule has 2 aliphatic rings. The average Bonchev–Trinajstić information content (AvgIpc) is 2.41. The first-order chi connectivity index (χ1) is 9.31. The van der Waals surface area contributed by atoms with E-state index in [4.69, 9.17) is 9.47 Å². The first kappa shape index (κ1) is 13.3. The van der Waals surface area contributed by atoms with Gasteiger partial charge in [-0.3, -0.25) is 0 Å². The lowest BCUT2D eigenvalue weighted by atomic mass is 9.87. The van der Waals surface area contributed by atoms with Crippen molar-refractivity contribution < 1.29 is 9.47 Å². The average molecular weight is 279 g/mol. The highest BCUT2D eigenvalue weighted by molar-refractivity contribution is 8.00. The molecule has 3 nitrogen and oxygen atoms in total. The van der Waals surface area contributed by atoms with Gasteiger partial charge in [0, 0.05) is 11.3 Å². The summed E-state index contributed by atoms with van der Waals surface area (Å²) < 4.78 is 10.6. The van der Waals surface area contributed by atoms with Gasteiger partial charge in [0.05, 0.1) is 25.6 Å². The normalized spacial score (nSPS) is 26.6. The van der Waals surface area contributed by atoms with Crippen LogP contribution >= 0.6 is 11.8 Å². The van der Waals surface area contributed by atoms with Crippen LogP contribution in [0, 0.1) is 0 Å². The molecule has 0 spiro atoms. The van der Waals surface area contributed by atoms with Gasteiger partial charge in [-0.2, -0.15) is 0 Å². The van der Waals surface area contributed by atoms with Crippen LogP contribution in [0.25, 0.3) is 0 Å². The van der Waals surface area contributed by atoms with Crippen LogP contribution in [0.1, 0.15) is 23.6 Å². The zero-order valence-electron chi connectivity index (χ0n) is 11.5. The van der Waals surface area contributed by atoms with Gasteiger partial charge in [-0.05, 0) is 43.1 Å². The van der Waals surface area contributed by atoms with Gasteiger partial charge in [-0.15, -0.1) is 11.8 Å². The summed E-state index contributed by atoms with van der Waals surface area (Å²) in [6.07, 6.45) is 2.38. The molecule has 3 rings (SSSR count). The SMILES string of the molecule is CNC1c2ccc(OC)cc2CCC1SC1COC1. The van der Waals surface area contributed by atoms with E-state index in [1.165, 1.54) is 17.5 Å². The molecule has 1 N–H and O–H groups in total. The largest absolute Gasteiger partial charge is 0.497 e. The monoisotopic (exact) mass is 279 g/mol. The van der Waals surface area contributed by atoms with Crippen molar-refractivity contribution in [3.05, 3.63) is 29.3 Å². The topological polar surface area (TPSA) is 30.5 Å². The lowest BCUT2D eigenvalue weighted by Gasteiger charge is -2.37. The number of benzene rings is 1. The Kier molecular flexibility index (Phi) is 4.01. The number of methoxy groups -OCH3 is 1. The number of fused-ring (bicyclic) bond motifs is 1. The maximum atomic E-state index is 5.32. The maximum Gasteiger partial charge on any atom is 0.119 e. The van der Waals surface area contributed by atoms with Crippen LogP contribution in [-0.4, -0.2) is 37.9 Å². The Bertz CT molecular complexity index is 448. The molecule has 19 heavy (non-hydrogen) atoms. The third kappa shape index (κ3) is 2.62. The fourth-order valence-electron chi connectivity index (χ4n) is 2.92. The molecular weight excluding hydrogens is 258 g/mol. The summed E-state index contributed by atoms with van der Waals surface area (Å²) in [6, 6.07) is 6.93. The van der Waals surface area contributed by atoms with Crippen molar-refractivity contribution in [1.29, 1.82) is 0 Å². The van der Waals surface area contributed by atoms with E-state index in [1.54, 1.807) is 7.11 Å². The number of ether oxygens (including phenoxy) is 2. The Balaban J connectivity index is 1.80. The van der Waals surface area contributed by atoms with Crippen molar-refractivity contribution in [2.45, 2.75) is 29.4 Å². The van der Waals surface area contributed by atoms with Gasteiger partial charge < -0.3 is 14.8 Å². The highest BCUT2D eigenvalue weighted by Crippen LogP contribution is 2.40. The second-order valence-corrected chi connectivity index (χ2v) is 6.75. The molecule has 2 atom stereocenters. The quantitative estimate of drug-likeness (QED) is 0.917. The van der Waals surface area contributed by atoms with Crippen molar-refractivity contribution >= 4 is 11.8 Å². The molecule has 1 heterocycles. The molecule has 1 aromatic carbocycles. The minimum Gasteiger partial charge on any atom is -0.497 e. The molecule has 1 aliphatic carbocycles. The second-order valence-electron chi connectivity index (χ2n) is 5.20. The molecule has 1 aliphatic heterocycles. The minimum atomic E-state index is 0.445. The maximum absolute atomic E-state index is 5.32.